The van der Waals surface area contributed by atoms with Crippen LogP contribution in [0.2, 0.25) is 0 Å². The summed E-state index contributed by atoms with van der Waals surface area (Å²) in [5.74, 6) is 0. The zero-order chi connectivity index (χ0) is 14.3. The Kier molecular flexibility index (Phi) is 7.06. The number of alkyl halides is 3. The van der Waals surface area contributed by atoms with Crippen molar-refractivity contribution >= 4 is 0 Å². The Balaban J connectivity index is 2.28. The number of rotatable bonds is 7. The van der Waals surface area contributed by atoms with Crippen LogP contribution >= 0.6 is 0 Å². The lowest BCUT2D eigenvalue weighted by molar-refractivity contribution is -0.149. The minimum atomic E-state index is -4.11. The molecule has 1 heterocycles. The molecule has 0 saturated carbocycles. The molecule has 1 unspecified atom stereocenters. The van der Waals surface area contributed by atoms with Crippen LogP contribution in [0.1, 0.15) is 13.3 Å². The summed E-state index contributed by atoms with van der Waals surface area (Å²) >= 11 is 0. The smallest absolute Gasteiger partial charge is 0.396 e. The Labute approximate surface area is 112 Å². The van der Waals surface area contributed by atoms with Crippen LogP contribution in [0.5, 0.6) is 0 Å². The standard InChI is InChI=1S/C12H24F3N3O/c1-2-16-11(3-8-19)9-17-4-6-18(7-5-17)10-12(13,14)15/h11,16,19H,2-10H2,1H3. The minimum Gasteiger partial charge on any atom is -0.396 e. The van der Waals surface area contributed by atoms with Gasteiger partial charge in [-0.15, -0.1) is 0 Å². The lowest BCUT2D eigenvalue weighted by atomic mass is 10.2. The first-order valence-corrected chi connectivity index (χ1v) is 6.80. The zero-order valence-electron chi connectivity index (χ0n) is 11.4. The SMILES string of the molecule is CCNC(CCO)CN1CCN(CC(F)(F)F)CC1. The van der Waals surface area contributed by atoms with Crippen LogP contribution in [0, 0.1) is 0 Å². The number of aliphatic hydroxyl groups is 1. The monoisotopic (exact) mass is 283 g/mol. The summed E-state index contributed by atoms with van der Waals surface area (Å²) in [5, 5.41) is 12.3. The van der Waals surface area contributed by atoms with E-state index < -0.39 is 12.7 Å². The number of aliphatic hydroxyl groups excluding tert-OH is 1. The van der Waals surface area contributed by atoms with Crippen molar-refractivity contribution in [2.45, 2.75) is 25.6 Å². The molecule has 0 radical (unpaired) electrons. The van der Waals surface area contributed by atoms with E-state index in [0.717, 1.165) is 13.1 Å². The highest BCUT2D eigenvalue weighted by Crippen LogP contribution is 2.17. The molecule has 114 valence electrons. The summed E-state index contributed by atoms with van der Waals surface area (Å²) in [6, 6.07) is 0.212. The zero-order valence-corrected chi connectivity index (χ0v) is 11.4. The second kappa shape index (κ2) is 8.04. The van der Waals surface area contributed by atoms with Crippen molar-refractivity contribution in [3.63, 3.8) is 0 Å². The van der Waals surface area contributed by atoms with Gasteiger partial charge in [0.25, 0.3) is 0 Å². The van der Waals surface area contributed by atoms with Gasteiger partial charge in [0.15, 0.2) is 0 Å². The van der Waals surface area contributed by atoms with E-state index >= 15 is 0 Å². The number of nitrogens with one attached hydrogen (secondary N) is 1. The van der Waals surface area contributed by atoms with Crippen LogP contribution in [0.3, 0.4) is 0 Å². The molecule has 19 heavy (non-hydrogen) atoms. The molecule has 1 aliphatic rings. The first-order chi connectivity index (χ1) is 8.94. The predicted octanol–water partition coefficient (Wildman–Crippen LogP) is 0.527. The third kappa shape index (κ3) is 7.10. The van der Waals surface area contributed by atoms with Crippen molar-refractivity contribution in [2.75, 3.05) is 52.4 Å². The van der Waals surface area contributed by atoms with E-state index in [4.69, 9.17) is 5.11 Å². The summed E-state index contributed by atoms with van der Waals surface area (Å²) in [6.07, 6.45) is -3.43. The van der Waals surface area contributed by atoms with Gasteiger partial charge < -0.3 is 10.4 Å². The van der Waals surface area contributed by atoms with E-state index in [0.29, 0.717) is 32.6 Å². The number of halogens is 3. The van der Waals surface area contributed by atoms with Gasteiger partial charge >= 0.3 is 6.18 Å². The van der Waals surface area contributed by atoms with E-state index in [9.17, 15) is 13.2 Å². The van der Waals surface area contributed by atoms with E-state index in [1.165, 1.54) is 4.90 Å². The van der Waals surface area contributed by atoms with Crippen LogP contribution in [0.4, 0.5) is 13.2 Å². The first-order valence-electron chi connectivity index (χ1n) is 6.80. The van der Waals surface area contributed by atoms with Gasteiger partial charge in [0.2, 0.25) is 0 Å². The summed E-state index contributed by atoms with van der Waals surface area (Å²) in [6.45, 7) is 5.17. The molecule has 0 aromatic heterocycles. The summed E-state index contributed by atoms with van der Waals surface area (Å²) in [7, 11) is 0. The number of likely N-dealkylation sites (N-methyl/N-ethyl adjacent to an activating group) is 1. The third-order valence-electron chi connectivity index (χ3n) is 3.32. The predicted molar refractivity (Wildman–Crippen MR) is 68.1 cm³/mol. The highest BCUT2D eigenvalue weighted by atomic mass is 19.4. The van der Waals surface area contributed by atoms with Crippen molar-refractivity contribution in [1.82, 2.24) is 15.1 Å². The van der Waals surface area contributed by atoms with Gasteiger partial charge in [-0.2, -0.15) is 13.2 Å². The maximum atomic E-state index is 12.3. The summed E-state index contributed by atoms with van der Waals surface area (Å²) in [5.41, 5.74) is 0. The number of piperazine rings is 1. The number of hydrogen-bond donors (Lipinski definition) is 2. The fourth-order valence-corrected chi connectivity index (χ4v) is 2.40. The topological polar surface area (TPSA) is 38.7 Å². The van der Waals surface area contributed by atoms with Crippen molar-refractivity contribution in [3.8, 4) is 0 Å². The van der Waals surface area contributed by atoms with Gasteiger partial charge in [-0.3, -0.25) is 9.80 Å². The molecule has 1 atom stereocenters. The molecule has 2 N–H and O–H groups in total. The average molecular weight is 283 g/mol. The molecule has 1 aliphatic heterocycles. The van der Waals surface area contributed by atoms with Crippen molar-refractivity contribution in [1.29, 1.82) is 0 Å². The van der Waals surface area contributed by atoms with Gasteiger partial charge in [-0.1, -0.05) is 6.92 Å². The molecule has 4 nitrogen and oxygen atoms in total. The van der Waals surface area contributed by atoms with E-state index in [-0.39, 0.29) is 12.6 Å². The maximum absolute atomic E-state index is 12.3. The molecule has 7 heteroatoms. The molecule has 0 amide bonds. The lowest BCUT2D eigenvalue weighted by Crippen LogP contribution is -2.52. The molecule has 1 saturated heterocycles. The second-order valence-corrected chi connectivity index (χ2v) is 4.96. The molecule has 0 aromatic rings. The molecule has 0 spiro atoms. The second-order valence-electron chi connectivity index (χ2n) is 4.96. The average Bonchev–Trinajstić information content (AvgIpc) is 2.30. The van der Waals surface area contributed by atoms with Gasteiger partial charge in [0, 0.05) is 45.4 Å². The van der Waals surface area contributed by atoms with Gasteiger partial charge in [-0.25, -0.2) is 0 Å². The van der Waals surface area contributed by atoms with Crippen molar-refractivity contribution in [2.24, 2.45) is 0 Å². The van der Waals surface area contributed by atoms with Gasteiger partial charge in [-0.05, 0) is 13.0 Å². The lowest BCUT2D eigenvalue weighted by Gasteiger charge is -2.36. The van der Waals surface area contributed by atoms with E-state index in [1.54, 1.807) is 0 Å². The molecule has 0 aliphatic carbocycles. The Morgan fingerprint density at radius 1 is 1.16 bits per heavy atom. The van der Waals surface area contributed by atoms with Crippen LogP contribution in [0.15, 0.2) is 0 Å². The van der Waals surface area contributed by atoms with Crippen LogP contribution in [-0.4, -0.2) is 79.5 Å². The molecule has 0 bridgehead atoms. The molecular formula is C12H24F3N3O. The van der Waals surface area contributed by atoms with Gasteiger partial charge in [0.1, 0.15) is 0 Å². The fraction of sp³-hybridized carbons (Fsp3) is 1.00. The summed E-state index contributed by atoms with van der Waals surface area (Å²) < 4.78 is 36.8. The third-order valence-corrected chi connectivity index (χ3v) is 3.32. The molecule has 1 fully saturated rings. The largest absolute Gasteiger partial charge is 0.401 e. The summed E-state index contributed by atoms with van der Waals surface area (Å²) in [4.78, 5) is 3.61. The maximum Gasteiger partial charge on any atom is 0.401 e. The quantitative estimate of drug-likeness (QED) is 0.715. The van der Waals surface area contributed by atoms with Crippen molar-refractivity contribution < 1.29 is 18.3 Å². The van der Waals surface area contributed by atoms with Crippen LogP contribution in [-0.2, 0) is 0 Å². The first kappa shape index (κ1) is 16.7. The van der Waals surface area contributed by atoms with E-state index in [1.807, 2.05) is 6.92 Å². The molecule has 0 aromatic carbocycles. The van der Waals surface area contributed by atoms with Gasteiger partial charge in [0.05, 0.1) is 6.54 Å². The van der Waals surface area contributed by atoms with E-state index in [2.05, 4.69) is 10.2 Å². The minimum absolute atomic E-state index is 0.131. The molecule has 1 rings (SSSR count). The number of hydrogen-bond acceptors (Lipinski definition) is 4. The highest BCUT2D eigenvalue weighted by Gasteiger charge is 2.32. The van der Waals surface area contributed by atoms with Crippen LogP contribution < -0.4 is 5.32 Å². The van der Waals surface area contributed by atoms with Crippen LogP contribution in [0.25, 0.3) is 0 Å². The highest BCUT2D eigenvalue weighted by molar-refractivity contribution is 4.78. The number of nitrogens with zero attached hydrogens (tertiary/aromatic N) is 2. The Hall–Kier alpha value is -0.370. The molecular weight excluding hydrogens is 259 g/mol. The fourth-order valence-electron chi connectivity index (χ4n) is 2.40. The Bertz CT molecular complexity index is 237. The Morgan fingerprint density at radius 2 is 1.74 bits per heavy atom. The Morgan fingerprint density at radius 3 is 2.21 bits per heavy atom. The van der Waals surface area contributed by atoms with Crippen molar-refractivity contribution in [3.05, 3.63) is 0 Å². The normalized spacial score (nSPS) is 20.7.